The molecule has 0 saturated carbocycles. The molecule has 1 fully saturated rings. The molecule has 0 bridgehead atoms. The Bertz CT molecular complexity index is 407. The summed E-state index contributed by atoms with van der Waals surface area (Å²) < 4.78 is 5.41. The highest BCUT2D eigenvalue weighted by Crippen LogP contribution is 2.35. The van der Waals surface area contributed by atoms with Crippen LogP contribution in [0.4, 0.5) is 0 Å². The van der Waals surface area contributed by atoms with E-state index in [1.54, 1.807) is 7.11 Å². The Labute approximate surface area is 116 Å². The summed E-state index contributed by atoms with van der Waals surface area (Å²) in [5, 5.41) is 0. The highest BCUT2D eigenvalue weighted by Gasteiger charge is 2.30. The van der Waals surface area contributed by atoms with Gasteiger partial charge in [0, 0.05) is 19.7 Å². The van der Waals surface area contributed by atoms with Crippen molar-refractivity contribution in [3.05, 3.63) is 35.4 Å². The normalized spacial score (nSPS) is 25.7. The van der Waals surface area contributed by atoms with Crippen molar-refractivity contribution < 1.29 is 4.74 Å². The second-order valence-corrected chi connectivity index (χ2v) is 5.74. The Balaban J connectivity index is 2.19. The minimum atomic E-state index is 0.262. The van der Waals surface area contributed by atoms with Gasteiger partial charge in [-0.05, 0) is 50.4 Å². The largest absolute Gasteiger partial charge is 0.381 e. The Morgan fingerprint density at radius 2 is 2.16 bits per heavy atom. The number of likely N-dealkylation sites (tertiary alicyclic amines) is 1. The molecular formula is C16H26N2O. The van der Waals surface area contributed by atoms with Crippen LogP contribution < -0.4 is 5.73 Å². The van der Waals surface area contributed by atoms with Crippen LogP contribution in [0.15, 0.2) is 24.3 Å². The molecule has 1 aromatic carbocycles. The first kappa shape index (κ1) is 14.5. The van der Waals surface area contributed by atoms with Crippen LogP contribution in [0.25, 0.3) is 0 Å². The van der Waals surface area contributed by atoms with Gasteiger partial charge in [0.1, 0.15) is 0 Å². The zero-order chi connectivity index (χ0) is 13.8. The molecule has 1 heterocycles. The van der Waals surface area contributed by atoms with E-state index >= 15 is 0 Å². The number of nitrogens with zero attached hydrogens (tertiary/aromatic N) is 1. The number of hydrogen-bond acceptors (Lipinski definition) is 3. The maximum atomic E-state index is 5.83. The van der Waals surface area contributed by atoms with Gasteiger partial charge in [0.15, 0.2) is 0 Å². The minimum Gasteiger partial charge on any atom is -0.381 e. The van der Waals surface area contributed by atoms with Gasteiger partial charge in [-0.15, -0.1) is 0 Å². The summed E-state index contributed by atoms with van der Waals surface area (Å²) in [5.41, 5.74) is 8.69. The number of ether oxygens (including phenoxy) is 1. The van der Waals surface area contributed by atoms with Gasteiger partial charge in [0.25, 0.3) is 0 Å². The van der Waals surface area contributed by atoms with Gasteiger partial charge in [-0.3, -0.25) is 4.90 Å². The van der Waals surface area contributed by atoms with E-state index in [-0.39, 0.29) is 6.10 Å². The standard InChI is InChI=1S/C16H26N2O/c1-12(19-3)8-14-6-4-5-7-15(14)16-9-13(10-17)11-18(16)2/h4-7,12-13,16H,8-11,17H2,1-3H3. The number of benzene rings is 1. The first-order valence-corrected chi connectivity index (χ1v) is 7.16. The van der Waals surface area contributed by atoms with E-state index in [9.17, 15) is 0 Å². The lowest BCUT2D eigenvalue weighted by atomic mass is 9.93. The van der Waals surface area contributed by atoms with Crippen LogP contribution in [-0.4, -0.2) is 38.3 Å². The third-order valence-electron chi connectivity index (χ3n) is 4.29. The van der Waals surface area contributed by atoms with E-state index in [2.05, 4.69) is 43.1 Å². The molecule has 0 aromatic heterocycles. The van der Waals surface area contributed by atoms with Crippen molar-refractivity contribution in [2.75, 3.05) is 27.2 Å². The predicted octanol–water partition coefficient (Wildman–Crippen LogP) is 2.22. The molecule has 19 heavy (non-hydrogen) atoms. The maximum Gasteiger partial charge on any atom is 0.0583 e. The quantitative estimate of drug-likeness (QED) is 0.884. The summed E-state index contributed by atoms with van der Waals surface area (Å²) in [5.74, 6) is 0.628. The molecule has 2 N–H and O–H groups in total. The molecule has 3 heteroatoms. The lowest BCUT2D eigenvalue weighted by Gasteiger charge is -2.23. The Kier molecular flexibility index (Phi) is 4.97. The summed E-state index contributed by atoms with van der Waals surface area (Å²) in [4.78, 5) is 2.44. The monoisotopic (exact) mass is 262 g/mol. The van der Waals surface area contributed by atoms with Gasteiger partial charge in [-0.25, -0.2) is 0 Å². The molecule has 3 nitrogen and oxygen atoms in total. The van der Waals surface area contributed by atoms with Gasteiger partial charge >= 0.3 is 0 Å². The highest BCUT2D eigenvalue weighted by molar-refractivity contribution is 5.31. The molecule has 1 aromatic rings. The maximum absolute atomic E-state index is 5.83. The van der Waals surface area contributed by atoms with Crippen LogP contribution in [0.5, 0.6) is 0 Å². The van der Waals surface area contributed by atoms with E-state index in [1.807, 2.05) is 0 Å². The van der Waals surface area contributed by atoms with E-state index in [0.717, 1.165) is 19.5 Å². The average Bonchev–Trinajstić information content (AvgIpc) is 2.80. The summed E-state index contributed by atoms with van der Waals surface area (Å²) in [6.07, 6.45) is 2.41. The van der Waals surface area contributed by atoms with Crippen molar-refractivity contribution in [3.63, 3.8) is 0 Å². The number of nitrogens with two attached hydrogens (primary N) is 1. The molecule has 0 spiro atoms. The van der Waals surface area contributed by atoms with Crippen LogP contribution in [0.3, 0.4) is 0 Å². The highest BCUT2D eigenvalue weighted by atomic mass is 16.5. The lowest BCUT2D eigenvalue weighted by Crippen LogP contribution is -2.21. The van der Waals surface area contributed by atoms with Crippen LogP contribution in [0, 0.1) is 5.92 Å². The minimum absolute atomic E-state index is 0.262. The van der Waals surface area contributed by atoms with E-state index in [1.165, 1.54) is 17.5 Å². The number of methoxy groups -OCH3 is 1. The third kappa shape index (κ3) is 3.35. The topological polar surface area (TPSA) is 38.5 Å². The van der Waals surface area contributed by atoms with E-state index < -0.39 is 0 Å². The van der Waals surface area contributed by atoms with Gasteiger partial charge in [-0.2, -0.15) is 0 Å². The van der Waals surface area contributed by atoms with Crippen molar-refractivity contribution in [3.8, 4) is 0 Å². The zero-order valence-corrected chi connectivity index (χ0v) is 12.3. The fraction of sp³-hybridized carbons (Fsp3) is 0.625. The summed E-state index contributed by atoms with van der Waals surface area (Å²) in [7, 11) is 3.98. The van der Waals surface area contributed by atoms with Gasteiger partial charge in [0.05, 0.1) is 6.10 Å². The molecule has 1 aliphatic rings. The van der Waals surface area contributed by atoms with Gasteiger partial charge < -0.3 is 10.5 Å². The second kappa shape index (κ2) is 6.51. The molecule has 0 aliphatic carbocycles. The number of hydrogen-bond donors (Lipinski definition) is 1. The van der Waals surface area contributed by atoms with E-state index in [0.29, 0.717) is 12.0 Å². The molecule has 0 amide bonds. The van der Waals surface area contributed by atoms with Crippen LogP contribution in [0.2, 0.25) is 0 Å². The first-order chi connectivity index (χ1) is 9.15. The average molecular weight is 262 g/mol. The zero-order valence-electron chi connectivity index (χ0n) is 12.3. The molecule has 1 aliphatic heterocycles. The van der Waals surface area contributed by atoms with Crippen LogP contribution in [0.1, 0.15) is 30.5 Å². The fourth-order valence-electron chi connectivity index (χ4n) is 3.08. The molecule has 2 rings (SSSR count). The summed E-state index contributed by atoms with van der Waals surface area (Å²) in [6, 6.07) is 9.26. The van der Waals surface area contributed by atoms with Crippen molar-refractivity contribution in [2.45, 2.75) is 31.9 Å². The van der Waals surface area contributed by atoms with Gasteiger partial charge in [-0.1, -0.05) is 24.3 Å². The third-order valence-corrected chi connectivity index (χ3v) is 4.29. The fourth-order valence-corrected chi connectivity index (χ4v) is 3.08. The van der Waals surface area contributed by atoms with Crippen molar-refractivity contribution in [2.24, 2.45) is 11.7 Å². The molecule has 0 radical (unpaired) electrons. The van der Waals surface area contributed by atoms with Crippen molar-refractivity contribution >= 4 is 0 Å². The Hall–Kier alpha value is -0.900. The Morgan fingerprint density at radius 3 is 2.79 bits per heavy atom. The summed E-state index contributed by atoms with van der Waals surface area (Å²) in [6.45, 7) is 4.02. The van der Waals surface area contributed by atoms with E-state index in [4.69, 9.17) is 10.5 Å². The van der Waals surface area contributed by atoms with Crippen molar-refractivity contribution in [1.29, 1.82) is 0 Å². The first-order valence-electron chi connectivity index (χ1n) is 7.16. The summed E-state index contributed by atoms with van der Waals surface area (Å²) >= 11 is 0. The molecule has 3 unspecified atom stereocenters. The second-order valence-electron chi connectivity index (χ2n) is 5.74. The SMILES string of the molecule is COC(C)Cc1ccccc1C1CC(CN)CN1C. The van der Waals surface area contributed by atoms with Crippen LogP contribution >= 0.6 is 0 Å². The molecule has 106 valence electrons. The van der Waals surface area contributed by atoms with Crippen LogP contribution in [-0.2, 0) is 11.2 Å². The predicted molar refractivity (Wildman–Crippen MR) is 79.1 cm³/mol. The lowest BCUT2D eigenvalue weighted by molar-refractivity contribution is 0.118. The smallest absolute Gasteiger partial charge is 0.0583 e. The molecule has 3 atom stereocenters. The molecular weight excluding hydrogens is 236 g/mol. The van der Waals surface area contributed by atoms with Gasteiger partial charge in [0.2, 0.25) is 0 Å². The Morgan fingerprint density at radius 1 is 1.42 bits per heavy atom. The molecule has 1 saturated heterocycles. The number of rotatable bonds is 5. The van der Waals surface area contributed by atoms with Crippen molar-refractivity contribution in [1.82, 2.24) is 4.90 Å².